The Labute approximate surface area is 141 Å². The van der Waals surface area contributed by atoms with Crippen LogP contribution >= 0.6 is 0 Å². The molecule has 0 unspecified atom stereocenters. The van der Waals surface area contributed by atoms with Crippen LogP contribution in [0.5, 0.6) is 11.5 Å². The maximum absolute atomic E-state index is 12.9. The van der Waals surface area contributed by atoms with Gasteiger partial charge in [0.25, 0.3) is 5.91 Å². The van der Waals surface area contributed by atoms with E-state index in [1.807, 2.05) is 54.3 Å². The monoisotopic (exact) mass is 321 g/mol. The Morgan fingerprint density at radius 1 is 1.25 bits per heavy atom. The number of rotatable bonds is 3. The number of carbonyl (C=O) groups is 1. The second-order valence-corrected chi connectivity index (χ2v) is 5.93. The fraction of sp³-hybridized carbons (Fsp3) is 0.250. The maximum atomic E-state index is 12.9. The van der Waals surface area contributed by atoms with Crippen molar-refractivity contribution in [1.82, 2.24) is 0 Å². The van der Waals surface area contributed by atoms with Crippen molar-refractivity contribution in [2.45, 2.75) is 13.3 Å². The lowest BCUT2D eigenvalue weighted by molar-refractivity contribution is -0.115. The summed E-state index contributed by atoms with van der Waals surface area (Å²) in [5, 5.41) is 0. The van der Waals surface area contributed by atoms with Crippen molar-refractivity contribution in [2.75, 3.05) is 24.7 Å². The van der Waals surface area contributed by atoms with Crippen LogP contribution in [0.2, 0.25) is 0 Å². The van der Waals surface area contributed by atoms with Crippen molar-refractivity contribution < 1.29 is 14.3 Å². The third kappa shape index (κ3) is 2.54. The quantitative estimate of drug-likeness (QED) is 0.869. The number of hydrogen-bond acceptors (Lipinski definition) is 3. The minimum absolute atomic E-state index is 0.0208. The molecule has 0 aromatic heterocycles. The van der Waals surface area contributed by atoms with Gasteiger partial charge in [0.2, 0.25) is 0 Å². The molecule has 2 aromatic rings. The van der Waals surface area contributed by atoms with Crippen LogP contribution in [0.3, 0.4) is 0 Å². The van der Waals surface area contributed by atoms with Crippen LogP contribution in [0.15, 0.2) is 48.0 Å². The van der Waals surface area contributed by atoms with E-state index in [9.17, 15) is 4.79 Å². The van der Waals surface area contributed by atoms with Crippen LogP contribution in [-0.4, -0.2) is 25.7 Å². The van der Waals surface area contributed by atoms with Gasteiger partial charge in [0.15, 0.2) is 0 Å². The van der Waals surface area contributed by atoms with Gasteiger partial charge >= 0.3 is 0 Å². The number of fused-ring (bicyclic) bond motifs is 2. The van der Waals surface area contributed by atoms with E-state index in [4.69, 9.17) is 9.47 Å². The van der Waals surface area contributed by atoms with Gasteiger partial charge in [0, 0.05) is 17.8 Å². The molecule has 0 bridgehead atoms. The standard InChI is InChI=1S/C20H19NO3/c1-2-23-17-7-8-19-15(12-17)11-16(13-24-19)20(22)21-10-9-14-5-3-4-6-18(14)21/h3-8,11-12H,2,9-10,13H2,1H3. The van der Waals surface area contributed by atoms with Gasteiger partial charge in [0.05, 0.1) is 12.2 Å². The maximum Gasteiger partial charge on any atom is 0.257 e. The minimum atomic E-state index is 0.0208. The van der Waals surface area contributed by atoms with Crippen molar-refractivity contribution in [1.29, 1.82) is 0 Å². The number of benzene rings is 2. The number of ether oxygens (including phenoxy) is 2. The predicted octanol–water partition coefficient (Wildman–Crippen LogP) is 3.45. The van der Waals surface area contributed by atoms with Crippen LogP contribution in [-0.2, 0) is 11.2 Å². The van der Waals surface area contributed by atoms with Crippen LogP contribution in [0.25, 0.3) is 6.08 Å². The van der Waals surface area contributed by atoms with Crippen molar-refractivity contribution in [3.05, 3.63) is 59.2 Å². The summed E-state index contributed by atoms with van der Waals surface area (Å²) in [7, 11) is 0. The van der Waals surface area contributed by atoms with E-state index in [0.29, 0.717) is 18.8 Å². The van der Waals surface area contributed by atoms with Gasteiger partial charge < -0.3 is 14.4 Å². The van der Waals surface area contributed by atoms with Gasteiger partial charge in [-0.2, -0.15) is 0 Å². The Morgan fingerprint density at radius 3 is 3.00 bits per heavy atom. The Bertz CT molecular complexity index is 825. The van der Waals surface area contributed by atoms with E-state index in [1.54, 1.807) is 0 Å². The number of hydrogen-bond donors (Lipinski definition) is 0. The van der Waals surface area contributed by atoms with Crippen LogP contribution < -0.4 is 14.4 Å². The van der Waals surface area contributed by atoms with E-state index in [2.05, 4.69) is 6.07 Å². The van der Waals surface area contributed by atoms with Gasteiger partial charge in [-0.1, -0.05) is 18.2 Å². The molecule has 0 spiro atoms. The first-order valence-corrected chi connectivity index (χ1v) is 8.26. The molecule has 0 saturated carbocycles. The first kappa shape index (κ1) is 14.8. The fourth-order valence-corrected chi connectivity index (χ4v) is 3.26. The zero-order valence-corrected chi connectivity index (χ0v) is 13.6. The molecule has 0 fully saturated rings. The molecule has 0 atom stereocenters. The molecule has 2 heterocycles. The lowest BCUT2D eigenvalue weighted by Gasteiger charge is -2.23. The molecule has 24 heavy (non-hydrogen) atoms. The highest BCUT2D eigenvalue weighted by Gasteiger charge is 2.28. The number of anilines is 1. The number of nitrogens with zero attached hydrogens (tertiary/aromatic N) is 1. The Hall–Kier alpha value is -2.75. The lowest BCUT2D eigenvalue weighted by atomic mass is 10.1. The van der Waals surface area contributed by atoms with E-state index in [0.717, 1.165) is 35.7 Å². The zero-order valence-electron chi connectivity index (χ0n) is 13.6. The van der Waals surface area contributed by atoms with Crippen molar-refractivity contribution in [3.63, 3.8) is 0 Å². The molecule has 122 valence electrons. The largest absolute Gasteiger partial charge is 0.494 e. The molecule has 0 saturated heterocycles. The molecule has 1 amide bonds. The summed E-state index contributed by atoms with van der Waals surface area (Å²) in [4.78, 5) is 14.8. The highest BCUT2D eigenvalue weighted by atomic mass is 16.5. The second kappa shape index (κ2) is 6.04. The van der Waals surface area contributed by atoms with Gasteiger partial charge in [-0.05, 0) is 49.2 Å². The molecule has 2 aliphatic heterocycles. The highest BCUT2D eigenvalue weighted by molar-refractivity contribution is 6.10. The average molecular weight is 321 g/mol. The summed E-state index contributed by atoms with van der Waals surface area (Å²) in [6.45, 7) is 3.59. The summed E-state index contributed by atoms with van der Waals surface area (Å²) >= 11 is 0. The van der Waals surface area contributed by atoms with Crippen molar-refractivity contribution >= 4 is 17.7 Å². The van der Waals surface area contributed by atoms with Crippen molar-refractivity contribution in [3.8, 4) is 11.5 Å². The SMILES string of the molecule is CCOc1ccc2c(c1)C=C(C(=O)N1CCc3ccccc31)CO2. The summed E-state index contributed by atoms with van der Waals surface area (Å²) in [6, 6.07) is 13.8. The smallest absolute Gasteiger partial charge is 0.257 e. The molecule has 2 aliphatic rings. The molecular formula is C20H19NO3. The van der Waals surface area contributed by atoms with Gasteiger partial charge in [-0.25, -0.2) is 0 Å². The van der Waals surface area contributed by atoms with E-state index in [-0.39, 0.29) is 5.91 Å². The summed E-state index contributed by atoms with van der Waals surface area (Å²) < 4.78 is 11.3. The molecule has 4 nitrogen and oxygen atoms in total. The van der Waals surface area contributed by atoms with E-state index >= 15 is 0 Å². The average Bonchev–Trinajstić information content (AvgIpc) is 3.05. The Balaban J connectivity index is 1.63. The van der Waals surface area contributed by atoms with Gasteiger partial charge in [0.1, 0.15) is 18.1 Å². The number of carbonyl (C=O) groups excluding carboxylic acids is 1. The number of amides is 1. The minimum Gasteiger partial charge on any atom is -0.494 e. The topological polar surface area (TPSA) is 38.8 Å². The summed E-state index contributed by atoms with van der Waals surface area (Å²) in [5.74, 6) is 1.60. The Morgan fingerprint density at radius 2 is 2.12 bits per heavy atom. The Kier molecular flexibility index (Phi) is 3.73. The van der Waals surface area contributed by atoms with Gasteiger partial charge in [-0.3, -0.25) is 4.79 Å². The number of para-hydroxylation sites is 1. The molecule has 0 aliphatic carbocycles. The predicted molar refractivity (Wildman–Crippen MR) is 93.6 cm³/mol. The van der Waals surface area contributed by atoms with Crippen LogP contribution in [0, 0.1) is 0 Å². The van der Waals surface area contributed by atoms with Gasteiger partial charge in [-0.15, -0.1) is 0 Å². The molecule has 2 aromatic carbocycles. The first-order chi connectivity index (χ1) is 11.8. The molecule has 0 radical (unpaired) electrons. The van der Waals surface area contributed by atoms with Crippen LogP contribution in [0.1, 0.15) is 18.1 Å². The fourth-order valence-electron chi connectivity index (χ4n) is 3.26. The van der Waals surface area contributed by atoms with E-state index < -0.39 is 0 Å². The molecular weight excluding hydrogens is 302 g/mol. The van der Waals surface area contributed by atoms with Crippen molar-refractivity contribution in [2.24, 2.45) is 0 Å². The van der Waals surface area contributed by atoms with Crippen LogP contribution in [0.4, 0.5) is 5.69 Å². The molecule has 0 N–H and O–H groups in total. The first-order valence-electron chi connectivity index (χ1n) is 8.26. The molecule has 4 heteroatoms. The molecule has 4 rings (SSSR count). The second-order valence-electron chi connectivity index (χ2n) is 5.93. The summed E-state index contributed by atoms with van der Waals surface area (Å²) in [6.07, 6.45) is 2.83. The normalized spacial score (nSPS) is 15.2. The van der Waals surface area contributed by atoms with E-state index in [1.165, 1.54) is 5.56 Å². The lowest BCUT2D eigenvalue weighted by Crippen LogP contribution is -2.32. The zero-order chi connectivity index (χ0) is 16.5. The highest BCUT2D eigenvalue weighted by Crippen LogP contribution is 2.33. The summed E-state index contributed by atoms with van der Waals surface area (Å²) in [5.41, 5.74) is 3.80. The third-order valence-corrected chi connectivity index (χ3v) is 4.41. The third-order valence-electron chi connectivity index (χ3n) is 4.41.